The summed E-state index contributed by atoms with van der Waals surface area (Å²) in [5, 5.41) is 5.52. The Hall–Kier alpha value is -2.36. The van der Waals surface area contributed by atoms with Gasteiger partial charge in [0.2, 0.25) is 0 Å². The summed E-state index contributed by atoms with van der Waals surface area (Å²) in [5.74, 6) is -0.334. The van der Waals surface area contributed by atoms with Crippen molar-refractivity contribution in [2.45, 2.75) is 26.2 Å². The molecule has 3 nitrogen and oxygen atoms in total. The van der Waals surface area contributed by atoms with Crippen LogP contribution in [-0.4, -0.2) is 6.03 Å². The molecule has 2 aromatic carbocycles. The number of rotatable bonds is 2. The lowest BCUT2D eigenvalue weighted by Gasteiger charge is -2.23. The van der Waals surface area contributed by atoms with E-state index in [1.54, 1.807) is 0 Å². The summed E-state index contributed by atoms with van der Waals surface area (Å²) in [6, 6.07) is 13.0. The Kier molecular flexibility index (Phi) is 4.26. The van der Waals surface area contributed by atoms with Crippen LogP contribution in [0.5, 0.6) is 0 Å². The van der Waals surface area contributed by atoms with Crippen LogP contribution in [0.25, 0.3) is 0 Å². The molecule has 0 fully saturated rings. The number of benzene rings is 2. The molecule has 0 aliphatic rings. The lowest BCUT2D eigenvalue weighted by Crippen LogP contribution is -2.22. The Balaban J connectivity index is 2.11. The van der Waals surface area contributed by atoms with E-state index >= 15 is 0 Å². The second-order valence-corrected chi connectivity index (χ2v) is 5.88. The van der Waals surface area contributed by atoms with Crippen LogP contribution in [0.3, 0.4) is 0 Å². The third-order valence-electron chi connectivity index (χ3n) is 3.09. The second-order valence-electron chi connectivity index (χ2n) is 5.88. The number of anilines is 2. The number of hydrogen-bond acceptors (Lipinski definition) is 1. The highest BCUT2D eigenvalue weighted by molar-refractivity contribution is 6.00. The van der Waals surface area contributed by atoms with Gasteiger partial charge in [-0.05, 0) is 41.3 Å². The Morgan fingerprint density at radius 3 is 2.19 bits per heavy atom. The van der Waals surface area contributed by atoms with Gasteiger partial charge in [-0.25, -0.2) is 9.18 Å². The van der Waals surface area contributed by atoms with Crippen molar-refractivity contribution in [1.29, 1.82) is 0 Å². The fraction of sp³-hybridized carbons (Fsp3) is 0.235. The van der Waals surface area contributed by atoms with Gasteiger partial charge < -0.3 is 10.6 Å². The molecule has 0 unspecified atom stereocenters. The highest BCUT2D eigenvalue weighted by atomic mass is 19.1. The minimum absolute atomic E-state index is 0.0697. The van der Waals surface area contributed by atoms with E-state index in [9.17, 15) is 9.18 Å². The maximum atomic E-state index is 12.8. The molecular weight excluding hydrogens is 267 g/mol. The van der Waals surface area contributed by atoms with Gasteiger partial charge in [0.15, 0.2) is 0 Å². The number of para-hydroxylation sites is 1. The standard InChI is InChI=1S/C17H19FN2O/c1-17(2,3)14-6-4-5-7-15(14)20-16(21)19-13-10-8-12(18)9-11-13/h4-11H,1-3H3,(H2,19,20,21). The van der Waals surface area contributed by atoms with Crippen LogP contribution in [0.1, 0.15) is 26.3 Å². The van der Waals surface area contributed by atoms with Gasteiger partial charge in [-0.2, -0.15) is 0 Å². The topological polar surface area (TPSA) is 41.1 Å². The maximum absolute atomic E-state index is 12.8. The van der Waals surface area contributed by atoms with E-state index in [4.69, 9.17) is 0 Å². The van der Waals surface area contributed by atoms with Crippen molar-refractivity contribution in [3.8, 4) is 0 Å². The van der Waals surface area contributed by atoms with Crippen molar-refractivity contribution in [3.63, 3.8) is 0 Å². The normalized spacial score (nSPS) is 11.0. The number of carbonyl (C=O) groups excluding carboxylic acids is 1. The molecule has 2 N–H and O–H groups in total. The van der Waals surface area contributed by atoms with Gasteiger partial charge in [0.1, 0.15) is 5.82 Å². The summed E-state index contributed by atoms with van der Waals surface area (Å²) in [6.07, 6.45) is 0. The largest absolute Gasteiger partial charge is 0.323 e. The van der Waals surface area contributed by atoms with E-state index < -0.39 is 0 Å². The molecule has 2 aromatic rings. The molecule has 0 spiro atoms. The summed E-state index contributed by atoms with van der Waals surface area (Å²) < 4.78 is 12.8. The highest BCUT2D eigenvalue weighted by Crippen LogP contribution is 2.29. The van der Waals surface area contributed by atoms with E-state index in [-0.39, 0.29) is 17.3 Å². The van der Waals surface area contributed by atoms with Crippen molar-refractivity contribution < 1.29 is 9.18 Å². The molecule has 0 saturated carbocycles. The zero-order chi connectivity index (χ0) is 15.5. The molecule has 110 valence electrons. The molecule has 0 radical (unpaired) electrons. The fourth-order valence-corrected chi connectivity index (χ4v) is 2.06. The van der Waals surface area contributed by atoms with E-state index in [1.165, 1.54) is 24.3 Å². The number of urea groups is 1. The first-order valence-corrected chi connectivity index (χ1v) is 6.79. The molecule has 2 amide bonds. The number of nitrogens with one attached hydrogen (secondary N) is 2. The molecule has 4 heteroatoms. The number of halogens is 1. The molecule has 0 saturated heterocycles. The minimum atomic E-state index is -0.349. The third-order valence-corrected chi connectivity index (χ3v) is 3.09. The Bertz CT molecular complexity index is 630. The summed E-state index contributed by atoms with van der Waals surface area (Å²) in [6.45, 7) is 6.27. The lowest BCUT2D eigenvalue weighted by atomic mass is 9.86. The molecule has 0 aromatic heterocycles. The lowest BCUT2D eigenvalue weighted by molar-refractivity contribution is 0.262. The van der Waals surface area contributed by atoms with Crippen molar-refractivity contribution in [2.24, 2.45) is 0 Å². The van der Waals surface area contributed by atoms with Crippen molar-refractivity contribution in [3.05, 3.63) is 59.9 Å². The first-order chi connectivity index (χ1) is 9.86. The quantitative estimate of drug-likeness (QED) is 0.820. The summed E-state index contributed by atoms with van der Waals surface area (Å²) in [5.41, 5.74) is 2.30. The summed E-state index contributed by atoms with van der Waals surface area (Å²) in [4.78, 5) is 12.0. The van der Waals surface area contributed by atoms with E-state index in [0.29, 0.717) is 5.69 Å². The van der Waals surface area contributed by atoms with Gasteiger partial charge in [-0.1, -0.05) is 39.0 Å². The van der Waals surface area contributed by atoms with Gasteiger partial charge in [-0.15, -0.1) is 0 Å². The zero-order valence-electron chi connectivity index (χ0n) is 12.4. The Labute approximate surface area is 124 Å². The molecule has 0 atom stereocenters. The average molecular weight is 286 g/mol. The SMILES string of the molecule is CC(C)(C)c1ccccc1NC(=O)Nc1ccc(F)cc1. The van der Waals surface area contributed by atoms with E-state index in [0.717, 1.165) is 11.3 Å². The Morgan fingerprint density at radius 1 is 0.952 bits per heavy atom. The highest BCUT2D eigenvalue weighted by Gasteiger charge is 2.18. The van der Waals surface area contributed by atoms with Gasteiger partial charge >= 0.3 is 6.03 Å². The van der Waals surface area contributed by atoms with Gasteiger partial charge in [-0.3, -0.25) is 0 Å². The fourth-order valence-electron chi connectivity index (χ4n) is 2.06. The number of hydrogen-bond donors (Lipinski definition) is 2. The van der Waals surface area contributed by atoms with E-state index in [2.05, 4.69) is 31.4 Å². The zero-order valence-corrected chi connectivity index (χ0v) is 12.4. The molecule has 0 aliphatic heterocycles. The second kappa shape index (κ2) is 5.95. The summed E-state index contributed by atoms with van der Waals surface area (Å²) >= 11 is 0. The number of amides is 2. The van der Waals surface area contributed by atoms with Gasteiger partial charge in [0.25, 0.3) is 0 Å². The van der Waals surface area contributed by atoms with Crippen LogP contribution in [-0.2, 0) is 5.41 Å². The van der Waals surface area contributed by atoms with Crippen molar-refractivity contribution in [2.75, 3.05) is 10.6 Å². The first-order valence-electron chi connectivity index (χ1n) is 6.79. The molecular formula is C17H19FN2O. The van der Waals surface area contributed by atoms with Crippen molar-refractivity contribution in [1.82, 2.24) is 0 Å². The van der Waals surface area contributed by atoms with Crippen LogP contribution in [0, 0.1) is 5.82 Å². The molecule has 0 bridgehead atoms. The Morgan fingerprint density at radius 2 is 1.57 bits per heavy atom. The monoisotopic (exact) mass is 286 g/mol. The van der Waals surface area contributed by atoms with Crippen LogP contribution < -0.4 is 10.6 Å². The van der Waals surface area contributed by atoms with Crippen LogP contribution in [0.15, 0.2) is 48.5 Å². The maximum Gasteiger partial charge on any atom is 0.323 e. The van der Waals surface area contributed by atoms with Crippen LogP contribution in [0.4, 0.5) is 20.6 Å². The predicted molar refractivity (Wildman–Crippen MR) is 84.2 cm³/mol. The first kappa shape index (κ1) is 15.0. The minimum Gasteiger partial charge on any atom is -0.308 e. The smallest absolute Gasteiger partial charge is 0.308 e. The molecule has 21 heavy (non-hydrogen) atoms. The average Bonchev–Trinajstić information content (AvgIpc) is 2.41. The predicted octanol–water partition coefficient (Wildman–Crippen LogP) is 4.77. The van der Waals surface area contributed by atoms with Crippen LogP contribution >= 0.6 is 0 Å². The summed E-state index contributed by atoms with van der Waals surface area (Å²) in [7, 11) is 0. The van der Waals surface area contributed by atoms with E-state index in [1.807, 2.05) is 24.3 Å². The molecule has 2 rings (SSSR count). The number of carbonyl (C=O) groups is 1. The van der Waals surface area contributed by atoms with Gasteiger partial charge in [0.05, 0.1) is 0 Å². The third kappa shape index (κ3) is 4.05. The molecule has 0 heterocycles. The van der Waals surface area contributed by atoms with Gasteiger partial charge in [0, 0.05) is 11.4 Å². The van der Waals surface area contributed by atoms with Crippen LogP contribution in [0.2, 0.25) is 0 Å². The molecule has 0 aliphatic carbocycles. The van der Waals surface area contributed by atoms with Crippen molar-refractivity contribution >= 4 is 17.4 Å².